The van der Waals surface area contributed by atoms with E-state index in [1.54, 1.807) is 4.90 Å². The molecule has 1 aliphatic rings. The van der Waals surface area contributed by atoms with Gasteiger partial charge in [-0.3, -0.25) is 0 Å². The lowest BCUT2D eigenvalue weighted by Gasteiger charge is -2.24. The number of hydrogen-bond acceptors (Lipinski definition) is 2. The average Bonchev–Trinajstić information content (AvgIpc) is 2.49. The van der Waals surface area contributed by atoms with Crippen LogP contribution in [0.15, 0.2) is 40.1 Å². The number of methoxy groups -OCH3 is 1. The van der Waals surface area contributed by atoms with Gasteiger partial charge in [0.2, 0.25) is 0 Å². The molecular formula is C16H20INO2. The zero-order valence-electron chi connectivity index (χ0n) is 11.7. The number of halogens is 1. The van der Waals surface area contributed by atoms with Crippen molar-refractivity contribution < 1.29 is 9.53 Å². The maximum Gasteiger partial charge on any atom is 0.419 e. The van der Waals surface area contributed by atoms with Crippen LogP contribution in [0.2, 0.25) is 0 Å². The highest BCUT2D eigenvalue weighted by molar-refractivity contribution is 14.1. The van der Waals surface area contributed by atoms with Gasteiger partial charge >= 0.3 is 6.09 Å². The van der Waals surface area contributed by atoms with Crippen molar-refractivity contribution in [2.75, 3.05) is 12.0 Å². The topological polar surface area (TPSA) is 29.5 Å². The summed E-state index contributed by atoms with van der Waals surface area (Å²) < 4.78 is 5.84. The summed E-state index contributed by atoms with van der Waals surface area (Å²) in [6, 6.07) is 9.64. The first-order valence-electron chi connectivity index (χ1n) is 7.03. The molecule has 4 heteroatoms. The minimum atomic E-state index is -0.340. The fourth-order valence-electron chi connectivity index (χ4n) is 2.55. The van der Waals surface area contributed by atoms with Crippen LogP contribution < -0.4 is 4.90 Å². The Hall–Kier alpha value is -1.04. The Bertz CT molecular complexity index is 467. The molecule has 0 aliphatic heterocycles. The number of allylic oxidation sites excluding steroid dienone is 1. The van der Waals surface area contributed by atoms with Crippen LogP contribution in [0, 0.1) is 5.92 Å². The van der Waals surface area contributed by atoms with Crippen molar-refractivity contribution in [2.45, 2.75) is 32.1 Å². The summed E-state index contributed by atoms with van der Waals surface area (Å²) in [6.07, 6.45) is 8.22. The van der Waals surface area contributed by atoms with E-state index >= 15 is 0 Å². The van der Waals surface area contributed by atoms with Crippen LogP contribution in [0.1, 0.15) is 32.1 Å². The molecule has 0 heterocycles. The standard InChI is InChI=1S/C16H20INO2/c1-20-16(19)18(14-10-6-3-7-11-14)15(17)12-13-8-4-2-5-9-13/h3,6-7,10-13H,2,4-5,8-9H2,1H3/b15-12-. The molecule has 1 aliphatic carbocycles. The fraction of sp³-hybridized carbons (Fsp3) is 0.438. The fourth-order valence-corrected chi connectivity index (χ4v) is 3.54. The normalized spacial score (nSPS) is 16.8. The van der Waals surface area contributed by atoms with Gasteiger partial charge in [0, 0.05) is 0 Å². The van der Waals surface area contributed by atoms with Crippen molar-refractivity contribution in [3.05, 3.63) is 40.1 Å². The van der Waals surface area contributed by atoms with E-state index in [1.165, 1.54) is 39.2 Å². The van der Waals surface area contributed by atoms with Gasteiger partial charge in [-0.15, -0.1) is 0 Å². The molecule has 1 fully saturated rings. The van der Waals surface area contributed by atoms with Gasteiger partial charge in [-0.2, -0.15) is 0 Å². The van der Waals surface area contributed by atoms with Crippen molar-refractivity contribution in [3.8, 4) is 0 Å². The Balaban J connectivity index is 2.22. The smallest absolute Gasteiger partial charge is 0.419 e. The van der Waals surface area contributed by atoms with Crippen LogP contribution in [-0.4, -0.2) is 13.2 Å². The lowest BCUT2D eigenvalue weighted by molar-refractivity contribution is 0.181. The number of carbonyl (C=O) groups is 1. The highest BCUT2D eigenvalue weighted by Crippen LogP contribution is 2.30. The van der Waals surface area contributed by atoms with Crippen LogP contribution in [0.4, 0.5) is 10.5 Å². The summed E-state index contributed by atoms with van der Waals surface area (Å²) in [5, 5.41) is 0. The third-order valence-electron chi connectivity index (χ3n) is 3.61. The second-order valence-electron chi connectivity index (χ2n) is 5.03. The van der Waals surface area contributed by atoms with E-state index in [0.29, 0.717) is 5.92 Å². The minimum Gasteiger partial charge on any atom is -0.452 e. The third-order valence-corrected chi connectivity index (χ3v) is 4.45. The Kier molecular flexibility index (Phi) is 5.88. The molecule has 0 unspecified atom stereocenters. The van der Waals surface area contributed by atoms with Crippen LogP contribution in [0.25, 0.3) is 0 Å². The van der Waals surface area contributed by atoms with Crippen molar-refractivity contribution in [2.24, 2.45) is 5.92 Å². The molecule has 0 bridgehead atoms. The number of rotatable bonds is 3. The van der Waals surface area contributed by atoms with Gasteiger partial charge in [0.15, 0.2) is 0 Å². The lowest BCUT2D eigenvalue weighted by atomic mass is 9.89. The van der Waals surface area contributed by atoms with Crippen LogP contribution >= 0.6 is 22.6 Å². The quantitative estimate of drug-likeness (QED) is 0.534. The summed E-state index contributed by atoms with van der Waals surface area (Å²) in [6.45, 7) is 0. The number of anilines is 1. The van der Waals surface area contributed by atoms with E-state index in [1.807, 2.05) is 30.3 Å². The number of benzene rings is 1. The number of amides is 1. The van der Waals surface area contributed by atoms with Gasteiger partial charge < -0.3 is 4.74 Å². The van der Waals surface area contributed by atoms with Crippen molar-refractivity contribution >= 4 is 34.4 Å². The summed E-state index contributed by atoms with van der Waals surface area (Å²) in [7, 11) is 1.42. The molecule has 3 nitrogen and oxygen atoms in total. The molecule has 0 N–H and O–H groups in total. The first-order chi connectivity index (χ1) is 9.72. The van der Waals surface area contributed by atoms with E-state index in [-0.39, 0.29) is 6.09 Å². The van der Waals surface area contributed by atoms with E-state index in [4.69, 9.17) is 4.74 Å². The van der Waals surface area contributed by atoms with Crippen LogP contribution in [0.5, 0.6) is 0 Å². The molecule has 108 valence electrons. The molecule has 0 saturated heterocycles. The average molecular weight is 385 g/mol. The highest BCUT2D eigenvalue weighted by atomic mass is 127. The Labute approximate surface area is 134 Å². The summed E-state index contributed by atoms with van der Waals surface area (Å²) in [4.78, 5) is 13.7. The molecule has 2 rings (SSSR count). The van der Waals surface area contributed by atoms with Crippen molar-refractivity contribution in [1.82, 2.24) is 0 Å². The molecule has 20 heavy (non-hydrogen) atoms. The predicted octanol–water partition coefficient (Wildman–Crippen LogP) is 5.12. The molecule has 1 aromatic carbocycles. The number of ether oxygens (including phenoxy) is 1. The molecule has 1 saturated carbocycles. The van der Waals surface area contributed by atoms with Gasteiger partial charge in [-0.1, -0.05) is 43.5 Å². The van der Waals surface area contributed by atoms with E-state index < -0.39 is 0 Å². The maximum absolute atomic E-state index is 12.1. The number of carbonyl (C=O) groups excluding carboxylic acids is 1. The van der Waals surface area contributed by atoms with Crippen molar-refractivity contribution in [3.63, 3.8) is 0 Å². The predicted molar refractivity (Wildman–Crippen MR) is 90.0 cm³/mol. The van der Waals surface area contributed by atoms with Gasteiger partial charge in [-0.05, 0) is 53.5 Å². The second kappa shape index (κ2) is 7.67. The maximum atomic E-state index is 12.1. The number of nitrogens with zero attached hydrogens (tertiary/aromatic N) is 1. The Morgan fingerprint density at radius 3 is 2.50 bits per heavy atom. The van der Waals surface area contributed by atoms with E-state index in [0.717, 1.165) is 9.39 Å². The number of hydrogen-bond donors (Lipinski definition) is 0. The zero-order chi connectivity index (χ0) is 14.4. The summed E-state index contributed by atoms with van der Waals surface area (Å²) in [5.41, 5.74) is 0.843. The lowest BCUT2D eigenvalue weighted by Crippen LogP contribution is -2.28. The van der Waals surface area contributed by atoms with Crippen LogP contribution in [0.3, 0.4) is 0 Å². The van der Waals surface area contributed by atoms with E-state index in [2.05, 4.69) is 28.7 Å². The van der Waals surface area contributed by atoms with Crippen LogP contribution in [-0.2, 0) is 4.74 Å². The first-order valence-corrected chi connectivity index (χ1v) is 8.10. The SMILES string of the molecule is COC(=O)N(/C(I)=C\C1CCCCC1)c1ccccc1. The molecule has 1 aromatic rings. The van der Waals surface area contributed by atoms with Gasteiger partial charge in [0.25, 0.3) is 0 Å². The summed E-state index contributed by atoms with van der Waals surface area (Å²) >= 11 is 2.23. The molecular weight excluding hydrogens is 365 g/mol. The molecule has 1 amide bonds. The van der Waals surface area contributed by atoms with Gasteiger partial charge in [0.05, 0.1) is 16.5 Å². The molecule has 0 atom stereocenters. The minimum absolute atomic E-state index is 0.340. The van der Waals surface area contributed by atoms with E-state index in [9.17, 15) is 4.79 Å². The Morgan fingerprint density at radius 2 is 1.90 bits per heavy atom. The molecule has 0 aromatic heterocycles. The van der Waals surface area contributed by atoms with Crippen molar-refractivity contribution in [1.29, 1.82) is 0 Å². The first kappa shape index (κ1) is 15.4. The number of para-hydroxylation sites is 1. The van der Waals surface area contributed by atoms with Gasteiger partial charge in [-0.25, -0.2) is 9.69 Å². The summed E-state index contributed by atoms with van der Waals surface area (Å²) in [5.74, 6) is 0.575. The zero-order valence-corrected chi connectivity index (χ0v) is 13.9. The second-order valence-corrected chi connectivity index (χ2v) is 6.13. The largest absolute Gasteiger partial charge is 0.452 e. The Morgan fingerprint density at radius 1 is 1.25 bits per heavy atom. The highest BCUT2D eigenvalue weighted by Gasteiger charge is 2.21. The monoisotopic (exact) mass is 385 g/mol. The molecule has 0 radical (unpaired) electrons. The third kappa shape index (κ3) is 3.98. The van der Waals surface area contributed by atoms with Gasteiger partial charge in [0.1, 0.15) is 0 Å². The molecule has 0 spiro atoms.